The van der Waals surface area contributed by atoms with Crippen molar-refractivity contribution >= 4 is 5.91 Å². The van der Waals surface area contributed by atoms with Gasteiger partial charge in [-0.3, -0.25) is 14.6 Å². The van der Waals surface area contributed by atoms with Gasteiger partial charge in [0, 0.05) is 38.8 Å². The maximum atomic E-state index is 12.5. The molecule has 1 saturated heterocycles. The fourth-order valence-electron chi connectivity index (χ4n) is 3.74. The van der Waals surface area contributed by atoms with E-state index in [1.807, 2.05) is 0 Å². The predicted molar refractivity (Wildman–Crippen MR) is 109 cm³/mol. The van der Waals surface area contributed by atoms with Crippen LogP contribution >= 0.6 is 0 Å². The number of ether oxygens (including phenoxy) is 1. The topological polar surface area (TPSA) is 44.8 Å². The molecule has 1 aliphatic carbocycles. The first-order valence-corrected chi connectivity index (χ1v) is 10.4. The highest BCUT2D eigenvalue weighted by Crippen LogP contribution is 2.28. The maximum Gasteiger partial charge on any atom is 0.234 e. The van der Waals surface area contributed by atoms with E-state index in [2.05, 4.69) is 60.2 Å². The van der Waals surface area contributed by atoms with Gasteiger partial charge in [-0.1, -0.05) is 43.7 Å². The standard InChI is InChI=1S/C22H35N3O2/c1-17(2)13-24-10-11-27-21(15-24)12-23-22(26)16-25(20-8-9-20)14-19-6-4-18(3)5-7-19/h4-7,17,20-21H,8-16H2,1-3H3,(H,23,26). The number of morpholine rings is 1. The molecule has 1 atom stereocenters. The van der Waals surface area contributed by atoms with Crippen LogP contribution in [-0.4, -0.2) is 67.2 Å². The molecule has 27 heavy (non-hydrogen) atoms. The second-order valence-electron chi connectivity index (χ2n) is 8.57. The summed E-state index contributed by atoms with van der Waals surface area (Å²) in [4.78, 5) is 17.3. The zero-order valence-corrected chi connectivity index (χ0v) is 17.1. The predicted octanol–water partition coefficient (Wildman–Crippen LogP) is 2.43. The molecule has 1 aromatic carbocycles. The van der Waals surface area contributed by atoms with Gasteiger partial charge < -0.3 is 10.1 Å². The van der Waals surface area contributed by atoms with Crippen molar-refractivity contribution in [1.82, 2.24) is 15.1 Å². The number of hydrogen-bond donors (Lipinski definition) is 1. The summed E-state index contributed by atoms with van der Waals surface area (Å²) < 4.78 is 5.84. The van der Waals surface area contributed by atoms with Gasteiger partial charge in [0.25, 0.3) is 0 Å². The van der Waals surface area contributed by atoms with Crippen LogP contribution in [0.5, 0.6) is 0 Å². The van der Waals surface area contributed by atoms with Gasteiger partial charge in [0.05, 0.1) is 19.3 Å². The molecule has 1 heterocycles. The Kier molecular flexibility index (Phi) is 7.27. The first kappa shape index (κ1) is 20.3. The van der Waals surface area contributed by atoms with Crippen molar-refractivity contribution in [3.8, 4) is 0 Å². The van der Waals surface area contributed by atoms with Crippen LogP contribution in [0.3, 0.4) is 0 Å². The largest absolute Gasteiger partial charge is 0.374 e. The number of nitrogens with one attached hydrogen (secondary N) is 1. The highest BCUT2D eigenvalue weighted by molar-refractivity contribution is 5.78. The molecular weight excluding hydrogens is 338 g/mol. The van der Waals surface area contributed by atoms with Crippen LogP contribution in [-0.2, 0) is 16.1 Å². The molecule has 2 aliphatic rings. The number of rotatable bonds is 9. The normalized spacial score (nSPS) is 21.0. The molecule has 2 fully saturated rings. The van der Waals surface area contributed by atoms with E-state index in [1.165, 1.54) is 24.0 Å². The Morgan fingerprint density at radius 1 is 1.30 bits per heavy atom. The lowest BCUT2D eigenvalue weighted by Crippen LogP contribution is -2.49. The Labute approximate surface area is 164 Å². The van der Waals surface area contributed by atoms with E-state index < -0.39 is 0 Å². The van der Waals surface area contributed by atoms with Crippen LogP contribution < -0.4 is 5.32 Å². The van der Waals surface area contributed by atoms with Gasteiger partial charge in [-0.2, -0.15) is 0 Å². The number of carbonyl (C=O) groups is 1. The number of hydrogen-bond acceptors (Lipinski definition) is 4. The van der Waals surface area contributed by atoms with Gasteiger partial charge in [-0.05, 0) is 31.2 Å². The number of nitrogens with zero attached hydrogens (tertiary/aromatic N) is 2. The minimum Gasteiger partial charge on any atom is -0.374 e. The molecule has 0 aromatic heterocycles. The van der Waals surface area contributed by atoms with Crippen molar-refractivity contribution in [3.05, 3.63) is 35.4 Å². The van der Waals surface area contributed by atoms with Gasteiger partial charge in [-0.25, -0.2) is 0 Å². The van der Waals surface area contributed by atoms with Crippen LogP contribution in [0.1, 0.15) is 37.8 Å². The zero-order chi connectivity index (χ0) is 19.2. The van der Waals surface area contributed by atoms with Gasteiger partial charge in [0.1, 0.15) is 0 Å². The minimum atomic E-state index is 0.105. The molecule has 150 valence electrons. The van der Waals surface area contributed by atoms with Crippen molar-refractivity contribution in [2.24, 2.45) is 5.92 Å². The molecule has 1 amide bonds. The fraction of sp³-hybridized carbons (Fsp3) is 0.682. The molecule has 0 radical (unpaired) electrons. The van der Waals surface area contributed by atoms with Crippen LogP contribution in [0, 0.1) is 12.8 Å². The van der Waals surface area contributed by atoms with Gasteiger partial charge in [0.15, 0.2) is 0 Å². The molecular formula is C22H35N3O2. The SMILES string of the molecule is Cc1ccc(CN(CC(=O)NCC2CN(CC(C)C)CCO2)C2CC2)cc1. The first-order valence-electron chi connectivity index (χ1n) is 10.4. The third-order valence-electron chi connectivity index (χ3n) is 5.29. The lowest BCUT2D eigenvalue weighted by Gasteiger charge is -2.34. The van der Waals surface area contributed by atoms with E-state index in [0.717, 1.165) is 32.8 Å². The molecule has 1 unspecified atom stereocenters. The van der Waals surface area contributed by atoms with Crippen molar-refractivity contribution < 1.29 is 9.53 Å². The molecule has 1 aromatic rings. The zero-order valence-electron chi connectivity index (χ0n) is 17.1. The smallest absolute Gasteiger partial charge is 0.234 e. The lowest BCUT2D eigenvalue weighted by molar-refractivity contribution is -0.123. The minimum absolute atomic E-state index is 0.105. The second-order valence-corrected chi connectivity index (χ2v) is 8.57. The van der Waals surface area contributed by atoms with E-state index in [-0.39, 0.29) is 12.0 Å². The molecule has 1 N–H and O–H groups in total. The van der Waals surface area contributed by atoms with Crippen LogP contribution in [0.4, 0.5) is 0 Å². The molecule has 0 bridgehead atoms. The summed E-state index contributed by atoms with van der Waals surface area (Å²) in [5.41, 5.74) is 2.55. The summed E-state index contributed by atoms with van der Waals surface area (Å²) in [5, 5.41) is 3.10. The Bertz CT molecular complexity index is 598. The van der Waals surface area contributed by atoms with Crippen molar-refractivity contribution in [1.29, 1.82) is 0 Å². The first-order chi connectivity index (χ1) is 13.0. The quantitative estimate of drug-likeness (QED) is 0.722. The van der Waals surface area contributed by atoms with Crippen LogP contribution in [0.2, 0.25) is 0 Å². The second kappa shape index (κ2) is 9.67. The number of carbonyl (C=O) groups excluding carboxylic acids is 1. The Balaban J connectivity index is 1.43. The molecule has 5 heteroatoms. The van der Waals surface area contributed by atoms with Crippen molar-refractivity contribution in [3.63, 3.8) is 0 Å². The highest BCUT2D eigenvalue weighted by Gasteiger charge is 2.30. The summed E-state index contributed by atoms with van der Waals surface area (Å²) in [6, 6.07) is 9.18. The van der Waals surface area contributed by atoms with Crippen LogP contribution in [0.15, 0.2) is 24.3 Å². The fourth-order valence-corrected chi connectivity index (χ4v) is 3.74. The summed E-state index contributed by atoms with van der Waals surface area (Å²) in [6.07, 6.45) is 2.51. The Morgan fingerprint density at radius 3 is 2.70 bits per heavy atom. The maximum absolute atomic E-state index is 12.5. The molecule has 3 rings (SSSR count). The number of benzene rings is 1. The average Bonchev–Trinajstić information content (AvgIpc) is 3.46. The van der Waals surface area contributed by atoms with Crippen LogP contribution in [0.25, 0.3) is 0 Å². The van der Waals surface area contributed by atoms with Crippen molar-refractivity contribution in [2.45, 2.75) is 52.3 Å². The Morgan fingerprint density at radius 2 is 2.04 bits per heavy atom. The highest BCUT2D eigenvalue weighted by atomic mass is 16.5. The van der Waals surface area contributed by atoms with Gasteiger partial charge in [-0.15, -0.1) is 0 Å². The van der Waals surface area contributed by atoms with Crippen molar-refractivity contribution in [2.75, 3.05) is 39.3 Å². The molecule has 1 saturated carbocycles. The molecule has 1 aliphatic heterocycles. The average molecular weight is 374 g/mol. The van der Waals surface area contributed by atoms with E-state index in [4.69, 9.17) is 4.74 Å². The van der Waals surface area contributed by atoms with Gasteiger partial charge in [0.2, 0.25) is 5.91 Å². The third kappa shape index (κ3) is 6.91. The summed E-state index contributed by atoms with van der Waals surface area (Å²) in [5.74, 6) is 0.769. The molecule has 5 nitrogen and oxygen atoms in total. The van der Waals surface area contributed by atoms with E-state index in [9.17, 15) is 4.79 Å². The lowest BCUT2D eigenvalue weighted by atomic mass is 10.1. The monoisotopic (exact) mass is 373 g/mol. The summed E-state index contributed by atoms with van der Waals surface area (Å²) >= 11 is 0. The number of aryl methyl sites for hydroxylation is 1. The van der Waals surface area contributed by atoms with E-state index in [0.29, 0.717) is 25.0 Å². The van der Waals surface area contributed by atoms with E-state index in [1.54, 1.807) is 0 Å². The van der Waals surface area contributed by atoms with E-state index >= 15 is 0 Å². The van der Waals surface area contributed by atoms with Gasteiger partial charge >= 0.3 is 0 Å². The molecule has 0 spiro atoms. The Hall–Kier alpha value is -1.43. The summed E-state index contributed by atoms with van der Waals surface area (Å²) in [6.45, 7) is 12.3. The third-order valence-corrected chi connectivity index (χ3v) is 5.29. The number of amides is 1. The summed E-state index contributed by atoms with van der Waals surface area (Å²) in [7, 11) is 0.